The molecule has 1 heterocycles. The summed E-state index contributed by atoms with van der Waals surface area (Å²) < 4.78 is 1.07. The number of aliphatic hydroxyl groups is 1. The molecule has 4 rings (SSSR count). The summed E-state index contributed by atoms with van der Waals surface area (Å²) in [6.45, 7) is 0. The van der Waals surface area contributed by atoms with Crippen LogP contribution in [0.1, 0.15) is 41.8 Å². The summed E-state index contributed by atoms with van der Waals surface area (Å²) in [7, 11) is 0. The van der Waals surface area contributed by atoms with Gasteiger partial charge in [0.1, 0.15) is 0 Å². The van der Waals surface area contributed by atoms with Gasteiger partial charge in [0, 0.05) is 16.7 Å². The first-order chi connectivity index (χ1) is 12.1. The van der Waals surface area contributed by atoms with Crippen molar-refractivity contribution < 1.29 is 14.7 Å². The number of fused-ring (bicyclic) bond motifs is 1. The van der Waals surface area contributed by atoms with Gasteiger partial charge in [-0.2, -0.15) is 0 Å². The number of hydrogen-bond donors (Lipinski definition) is 3. The van der Waals surface area contributed by atoms with Crippen LogP contribution in [0.2, 0.25) is 0 Å². The topological polar surface area (TPSA) is 78.4 Å². The summed E-state index contributed by atoms with van der Waals surface area (Å²) in [5.74, 6) is -0.235. The van der Waals surface area contributed by atoms with Gasteiger partial charge in [0.25, 0.3) is 5.91 Å². The summed E-state index contributed by atoms with van der Waals surface area (Å²) in [6.07, 6.45) is 3.24. The lowest BCUT2D eigenvalue weighted by Gasteiger charge is -2.33. The van der Waals surface area contributed by atoms with Crippen LogP contribution < -0.4 is 10.6 Å². The largest absolute Gasteiger partial charge is 0.391 e. The zero-order valence-electron chi connectivity index (χ0n) is 13.9. The molecule has 0 radical (unpaired) electrons. The summed E-state index contributed by atoms with van der Waals surface area (Å²) in [5.41, 5.74) is 0. The molecule has 1 aromatic heterocycles. The zero-order valence-corrected chi connectivity index (χ0v) is 14.7. The molecule has 0 spiro atoms. The van der Waals surface area contributed by atoms with Crippen molar-refractivity contribution in [1.29, 1.82) is 0 Å². The van der Waals surface area contributed by atoms with Gasteiger partial charge >= 0.3 is 0 Å². The number of benzene rings is 1. The van der Waals surface area contributed by atoms with Crippen molar-refractivity contribution in [2.24, 2.45) is 5.92 Å². The predicted octanol–water partition coefficient (Wildman–Crippen LogP) is 2.44. The van der Waals surface area contributed by atoms with Crippen LogP contribution >= 0.6 is 11.3 Å². The molecule has 25 heavy (non-hydrogen) atoms. The number of hydrogen-bond acceptors (Lipinski definition) is 4. The fraction of sp³-hybridized carbons (Fsp3) is 0.474. The van der Waals surface area contributed by atoms with E-state index in [1.807, 2.05) is 30.3 Å². The maximum absolute atomic E-state index is 12.6. The van der Waals surface area contributed by atoms with Crippen LogP contribution in [0.15, 0.2) is 30.3 Å². The Hall–Kier alpha value is -1.92. The highest BCUT2D eigenvalue weighted by Crippen LogP contribution is 2.29. The van der Waals surface area contributed by atoms with Gasteiger partial charge in [-0.3, -0.25) is 9.59 Å². The summed E-state index contributed by atoms with van der Waals surface area (Å²) in [4.78, 5) is 25.5. The van der Waals surface area contributed by atoms with Crippen LogP contribution in [-0.4, -0.2) is 35.1 Å². The first kappa shape index (κ1) is 16.5. The Morgan fingerprint density at radius 1 is 1.08 bits per heavy atom. The lowest BCUT2D eigenvalue weighted by molar-refractivity contribution is -0.127. The van der Waals surface area contributed by atoms with E-state index in [1.54, 1.807) is 0 Å². The van der Waals surface area contributed by atoms with Crippen molar-refractivity contribution in [2.75, 3.05) is 0 Å². The van der Waals surface area contributed by atoms with Gasteiger partial charge in [0.15, 0.2) is 0 Å². The molecule has 0 aliphatic heterocycles. The first-order valence-electron chi connectivity index (χ1n) is 8.88. The molecule has 2 aliphatic rings. The van der Waals surface area contributed by atoms with Gasteiger partial charge < -0.3 is 15.7 Å². The molecule has 0 saturated heterocycles. The monoisotopic (exact) mass is 358 g/mol. The maximum atomic E-state index is 12.6. The number of carbonyl (C=O) groups excluding carboxylic acids is 2. The minimum atomic E-state index is -0.594. The Labute approximate surface area is 150 Å². The molecule has 5 nitrogen and oxygen atoms in total. The molecule has 3 atom stereocenters. The fourth-order valence-corrected chi connectivity index (χ4v) is 4.39. The third-order valence-corrected chi connectivity index (χ3v) is 6.19. The third kappa shape index (κ3) is 3.70. The molecular weight excluding hydrogens is 336 g/mol. The lowest BCUT2D eigenvalue weighted by atomic mass is 9.83. The van der Waals surface area contributed by atoms with Gasteiger partial charge in [0.05, 0.1) is 17.0 Å². The van der Waals surface area contributed by atoms with E-state index in [-0.39, 0.29) is 23.8 Å². The van der Waals surface area contributed by atoms with E-state index >= 15 is 0 Å². The maximum Gasteiger partial charge on any atom is 0.261 e. The zero-order chi connectivity index (χ0) is 17.4. The van der Waals surface area contributed by atoms with Crippen LogP contribution in [-0.2, 0) is 4.79 Å². The molecule has 0 unspecified atom stereocenters. The fourth-order valence-electron chi connectivity index (χ4n) is 3.43. The van der Waals surface area contributed by atoms with E-state index < -0.39 is 6.10 Å². The van der Waals surface area contributed by atoms with Crippen molar-refractivity contribution in [3.05, 3.63) is 35.2 Å². The second-order valence-electron chi connectivity index (χ2n) is 7.09. The van der Waals surface area contributed by atoms with Crippen molar-refractivity contribution in [2.45, 2.75) is 50.3 Å². The van der Waals surface area contributed by atoms with Crippen LogP contribution in [0, 0.1) is 5.92 Å². The van der Waals surface area contributed by atoms with Crippen LogP contribution in [0.3, 0.4) is 0 Å². The summed E-state index contributed by atoms with van der Waals surface area (Å²) in [5, 5.41) is 17.3. The number of carbonyl (C=O) groups is 2. The summed E-state index contributed by atoms with van der Waals surface area (Å²) in [6, 6.07) is 9.72. The number of amides is 2. The molecular formula is C19H22N2O3S. The molecule has 132 valence electrons. The number of thiophene rings is 1. The van der Waals surface area contributed by atoms with E-state index in [1.165, 1.54) is 11.3 Å². The van der Waals surface area contributed by atoms with Gasteiger partial charge in [-0.05, 0) is 49.6 Å². The van der Waals surface area contributed by atoms with Crippen LogP contribution in [0.25, 0.3) is 10.1 Å². The SMILES string of the molecule is O=C(N[C@@H]1C[C@@H](C(=O)NC2CC2)CC[C@H]1O)c1cc2ccccc2s1. The van der Waals surface area contributed by atoms with E-state index in [0.717, 1.165) is 22.9 Å². The average molecular weight is 358 g/mol. The van der Waals surface area contributed by atoms with Gasteiger partial charge in [-0.1, -0.05) is 18.2 Å². The Morgan fingerprint density at radius 2 is 1.88 bits per heavy atom. The molecule has 3 N–H and O–H groups in total. The minimum absolute atomic E-state index is 0.0653. The number of aliphatic hydroxyl groups excluding tert-OH is 1. The first-order valence-corrected chi connectivity index (χ1v) is 9.69. The Morgan fingerprint density at radius 3 is 2.64 bits per heavy atom. The highest BCUT2D eigenvalue weighted by Gasteiger charge is 2.35. The highest BCUT2D eigenvalue weighted by molar-refractivity contribution is 7.20. The molecule has 0 bridgehead atoms. The van der Waals surface area contributed by atoms with Crippen molar-refractivity contribution >= 4 is 33.2 Å². The van der Waals surface area contributed by atoms with Gasteiger partial charge in [0.2, 0.25) is 5.91 Å². The Balaban J connectivity index is 1.42. The molecule has 2 amide bonds. The minimum Gasteiger partial charge on any atom is -0.391 e. The highest BCUT2D eigenvalue weighted by atomic mass is 32.1. The number of rotatable bonds is 4. The molecule has 1 aromatic carbocycles. The average Bonchev–Trinajstić information content (AvgIpc) is 3.31. The molecule has 2 aromatic rings. The molecule has 2 saturated carbocycles. The lowest BCUT2D eigenvalue weighted by Crippen LogP contribution is -2.49. The van der Waals surface area contributed by atoms with Crippen molar-refractivity contribution in [3.8, 4) is 0 Å². The molecule has 2 aliphatic carbocycles. The van der Waals surface area contributed by atoms with E-state index in [2.05, 4.69) is 10.6 Å². The van der Waals surface area contributed by atoms with Gasteiger partial charge in [-0.25, -0.2) is 0 Å². The van der Waals surface area contributed by atoms with E-state index in [9.17, 15) is 14.7 Å². The van der Waals surface area contributed by atoms with Gasteiger partial charge in [-0.15, -0.1) is 11.3 Å². The number of nitrogens with one attached hydrogen (secondary N) is 2. The second-order valence-corrected chi connectivity index (χ2v) is 8.17. The predicted molar refractivity (Wildman–Crippen MR) is 97.6 cm³/mol. The Bertz CT molecular complexity index is 766. The second kappa shape index (κ2) is 6.77. The Kier molecular flexibility index (Phi) is 4.48. The third-order valence-electron chi connectivity index (χ3n) is 5.07. The molecule has 6 heteroatoms. The standard InChI is InChI=1S/C19H22N2O3S/c22-15-8-5-12(18(23)20-13-6-7-13)9-14(15)21-19(24)17-10-11-3-1-2-4-16(11)25-17/h1-4,10,12-15,22H,5-9H2,(H,20,23)(H,21,24)/t12-,14+,15+/m0/s1. The van der Waals surface area contributed by atoms with E-state index in [0.29, 0.717) is 30.2 Å². The summed E-state index contributed by atoms with van der Waals surface area (Å²) >= 11 is 1.45. The van der Waals surface area contributed by atoms with Crippen LogP contribution in [0.4, 0.5) is 0 Å². The molecule has 2 fully saturated rings. The van der Waals surface area contributed by atoms with Crippen LogP contribution in [0.5, 0.6) is 0 Å². The van der Waals surface area contributed by atoms with Crippen molar-refractivity contribution in [3.63, 3.8) is 0 Å². The quantitative estimate of drug-likeness (QED) is 0.785. The smallest absolute Gasteiger partial charge is 0.261 e. The normalized spacial score (nSPS) is 26.4. The van der Waals surface area contributed by atoms with Crippen molar-refractivity contribution in [1.82, 2.24) is 10.6 Å². The van der Waals surface area contributed by atoms with E-state index in [4.69, 9.17) is 0 Å².